The molecule has 0 aromatic carbocycles. The maximum absolute atomic E-state index is 14.8. The zero-order chi connectivity index (χ0) is 23.4. The van der Waals surface area contributed by atoms with E-state index in [1.54, 1.807) is 6.07 Å². The molecule has 2 aromatic heterocycles. The summed E-state index contributed by atoms with van der Waals surface area (Å²) in [5.41, 5.74) is 0.759. The molecular weight excluding hydrogens is 433 g/mol. The van der Waals surface area contributed by atoms with Gasteiger partial charge in [-0.15, -0.1) is 4.31 Å². The van der Waals surface area contributed by atoms with Crippen molar-refractivity contribution in [3.63, 3.8) is 0 Å². The van der Waals surface area contributed by atoms with Gasteiger partial charge in [-0.3, -0.25) is 5.10 Å². The van der Waals surface area contributed by atoms with E-state index in [2.05, 4.69) is 43.6 Å². The van der Waals surface area contributed by atoms with E-state index in [1.807, 2.05) is 25.8 Å². The van der Waals surface area contributed by atoms with Crippen molar-refractivity contribution in [2.75, 3.05) is 23.0 Å². The van der Waals surface area contributed by atoms with Gasteiger partial charge in [-0.2, -0.15) is 10.1 Å². The van der Waals surface area contributed by atoms with Crippen molar-refractivity contribution in [2.45, 2.75) is 78.1 Å². The molecule has 1 unspecified atom stereocenters. The van der Waals surface area contributed by atoms with Gasteiger partial charge >= 0.3 is 0 Å². The molecule has 3 rings (SSSR count). The lowest BCUT2D eigenvalue weighted by Gasteiger charge is -2.45. The lowest BCUT2D eigenvalue weighted by atomic mass is 9.90. The highest BCUT2D eigenvalue weighted by Gasteiger charge is 2.42. The summed E-state index contributed by atoms with van der Waals surface area (Å²) in [5.74, 6) is 0.656. The van der Waals surface area contributed by atoms with E-state index in [9.17, 15) is 14.0 Å². The molecule has 2 aromatic rings. The van der Waals surface area contributed by atoms with Crippen molar-refractivity contribution in [3.05, 3.63) is 23.3 Å². The number of rotatable bonds is 9. The van der Waals surface area contributed by atoms with Crippen molar-refractivity contribution in [1.29, 1.82) is 0 Å². The second-order valence-corrected chi connectivity index (χ2v) is 9.82. The second-order valence-electron chi connectivity index (χ2n) is 8.18. The van der Waals surface area contributed by atoms with Crippen LogP contribution in [0.4, 0.5) is 22.0 Å². The number of nitrogens with one attached hydrogen (secondary N) is 2. The van der Waals surface area contributed by atoms with Crippen LogP contribution < -0.4 is 10.2 Å². The van der Waals surface area contributed by atoms with Crippen molar-refractivity contribution in [3.8, 4) is 0 Å². The van der Waals surface area contributed by atoms with Crippen molar-refractivity contribution < 1.29 is 14.0 Å². The quantitative estimate of drug-likeness (QED) is 0.482. The molecule has 32 heavy (non-hydrogen) atoms. The van der Waals surface area contributed by atoms with E-state index in [0.29, 0.717) is 17.5 Å². The second kappa shape index (κ2) is 10.8. The number of aliphatic hydroxyl groups excluding tert-OH is 1. The minimum Gasteiger partial charge on any atom is -0.598 e. The van der Waals surface area contributed by atoms with E-state index in [-0.39, 0.29) is 29.6 Å². The highest BCUT2D eigenvalue weighted by molar-refractivity contribution is 7.89. The molecule has 178 valence electrons. The fourth-order valence-corrected chi connectivity index (χ4v) is 5.75. The monoisotopic (exact) mass is 467 g/mol. The number of aromatic nitrogens is 4. The highest BCUT2D eigenvalue weighted by atomic mass is 32.2. The van der Waals surface area contributed by atoms with Crippen LogP contribution in [0.25, 0.3) is 0 Å². The zero-order valence-corrected chi connectivity index (χ0v) is 20.2. The topological polar surface area (TPSA) is 116 Å². The summed E-state index contributed by atoms with van der Waals surface area (Å²) in [4.78, 5) is 10.7. The number of piperidine rings is 1. The van der Waals surface area contributed by atoms with Crippen LogP contribution in [0.2, 0.25) is 0 Å². The fraction of sp³-hybridized carbons (Fsp3) is 0.667. The molecule has 0 spiro atoms. The minimum atomic E-state index is -0.997. The molecule has 1 aliphatic rings. The summed E-state index contributed by atoms with van der Waals surface area (Å²) in [7, 11) is 1.90. The molecule has 4 atom stereocenters. The number of halogens is 1. The predicted molar refractivity (Wildman–Crippen MR) is 125 cm³/mol. The van der Waals surface area contributed by atoms with E-state index in [0.717, 1.165) is 31.4 Å². The molecule has 3 N–H and O–H groups in total. The van der Waals surface area contributed by atoms with Gasteiger partial charge in [0.05, 0.1) is 18.7 Å². The van der Waals surface area contributed by atoms with Crippen LogP contribution in [-0.2, 0) is 18.0 Å². The van der Waals surface area contributed by atoms with Crippen LogP contribution in [0.1, 0.15) is 57.8 Å². The first-order chi connectivity index (χ1) is 15.3. The van der Waals surface area contributed by atoms with Gasteiger partial charge in [0.1, 0.15) is 11.4 Å². The smallest absolute Gasteiger partial charge is 0.227 e. The van der Waals surface area contributed by atoms with Gasteiger partial charge < -0.3 is 19.9 Å². The third-order valence-electron chi connectivity index (χ3n) is 6.11. The van der Waals surface area contributed by atoms with Crippen molar-refractivity contribution >= 4 is 28.9 Å². The molecule has 0 bridgehead atoms. The Morgan fingerprint density at radius 1 is 1.28 bits per heavy atom. The summed E-state index contributed by atoms with van der Waals surface area (Å²) >= 11 is -0.997. The number of aromatic amines is 1. The van der Waals surface area contributed by atoms with Crippen LogP contribution >= 0.6 is 0 Å². The third kappa shape index (κ3) is 5.16. The number of hydrogen-bond donors (Lipinski definition) is 3. The molecule has 0 aliphatic carbocycles. The summed E-state index contributed by atoms with van der Waals surface area (Å²) in [6.07, 6.45) is 3.41. The predicted octanol–water partition coefficient (Wildman–Crippen LogP) is 3.02. The van der Waals surface area contributed by atoms with E-state index in [4.69, 9.17) is 0 Å². The summed E-state index contributed by atoms with van der Waals surface area (Å²) < 4.78 is 29.7. The largest absolute Gasteiger partial charge is 0.598 e. The van der Waals surface area contributed by atoms with E-state index in [1.165, 1.54) is 0 Å². The average Bonchev–Trinajstić information content (AvgIpc) is 3.22. The van der Waals surface area contributed by atoms with Gasteiger partial charge in [-0.25, -0.2) is 9.37 Å². The minimum absolute atomic E-state index is 0.0268. The van der Waals surface area contributed by atoms with Crippen LogP contribution in [-0.4, -0.2) is 65.1 Å². The number of anilines is 3. The average molecular weight is 468 g/mol. The molecule has 1 saturated heterocycles. The Balaban J connectivity index is 1.89. The maximum atomic E-state index is 14.8. The molecular formula is C21H34FN7O2S. The Bertz CT molecular complexity index is 885. The standard InChI is InChI=1S/C21H34FN7O2S/c1-6-14-10-16(11-15(7-2)29(14)32(31)8-3)28(5)21-23-17(12-30)19(22)20(25-21)24-18-9-13(4)26-27-18/h9,14-16,30H,6-8,10-12H2,1-5H3,(H2,23,24,25,26,27)/t14-,15+,16-,32?. The first kappa shape index (κ1) is 24.7. The Kier molecular flexibility index (Phi) is 8.32. The van der Waals surface area contributed by atoms with Crippen molar-refractivity contribution in [1.82, 2.24) is 24.5 Å². The lowest BCUT2D eigenvalue weighted by Crippen LogP contribution is -2.56. The summed E-state index contributed by atoms with van der Waals surface area (Å²) in [6, 6.07) is 2.21. The van der Waals surface area contributed by atoms with Crippen LogP contribution in [0, 0.1) is 12.7 Å². The van der Waals surface area contributed by atoms with Gasteiger partial charge in [-0.1, -0.05) is 13.8 Å². The number of aliphatic hydroxyl groups is 1. The number of nitrogens with zero attached hydrogens (tertiary/aromatic N) is 5. The van der Waals surface area contributed by atoms with Crippen LogP contribution in [0.15, 0.2) is 6.07 Å². The van der Waals surface area contributed by atoms with E-state index < -0.39 is 23.8 Å². The van der Waals surface area contributed by atoms with Gasteiger partial charge in [0, 0.05) is 36.2 Å². The Labute approximate surface area is 192 Å². The van der Waals surface area contributed by atoms with E-state index >= 15 is 0 Å². The third-order valence-corrected chi connectivity index (χ3v) is 7.67. The molecule has 0 radical (unpaired) electrons. The Morgan fingerprint density at radius 2 is 1.94 bits per heavy atom. The highest BCUT2D eigenvalue weighted by Crippen LogP contribution is 2.34. The summed E-state index contributed by atoms with van der Waals surface area (Å²) in [6.45, 7) is 7.50. The van der Waals surface area contributed by atoms with Gasteiger partial charge in [0.25, 0.3) is 0 Å². The molecule has 0 amide bonds. The lowest BCUT2D eigenvalue weighted by molar-refractivity contribution is 0.153. The van der Waals surface area contributed by atoms with Crippen LogP contribution in [0.3, 0.4) is 0 Å². The molecule has 1 fully saturated rings. The molecule has 0 saturated carbocycles. The normalized spacial score (nSPS) is 22.7. The molecule has 3 heterocycles. The fourth-order valence-electron chi connectivity index (χ4n) is 4.31. The van der Waals surface area contributed by atoms with Crippen LogP contribution in [0.5, 0.6) is 0 Å². The Hall–Kier alpha value is -1.95. The zero-order valence-electron chi connectivity index (χ0n) is 19.4. The molecule has 1 aliphatic heterocycles. The van der Waals surface area contributed by atoms with Gasteiger partial charge in [0.15, 0.2) is 17.5 Å². The first-order valence-electron chi connectivity index (χ1n) is 11.2. The summed E-state index contributed by atoms with van der Waals surface area (Å²) in [5, 5.41) is 19.4. The maximum Gasteiger partial charge on any atom is 0.227 e. The first-order valence-corrected chi connectivity index (χ1v) is 12.5. The molecule has 9 nitrogen and oxygen atoms in total. The molecule has 11 heteroatoms. The number of aryl methyl sites for hydroxylation is 1. The SMILES string of the molecule is CC[C@@H]1C[C@@H](N(C)c2nc(CO)c(F)c(Nc3cc(C)[nH]n3)n2)C[C@H](CC)N1[S+]([O-])CC. The number of hydrogen-bond acceptors (Lipinski definition) is 8. The number of H-pyrrole nitrogens is 1. The van der Waals surface area contributed by atoms with Crippen molar-refractivity contribution in [2.24, 2.45) is 0 Å². The van der Waals surface area contributed by atoms with Gasteiger partial charge in [0.2, 0.25) is 5.95 Å². The Morgan fingerprint density at radius 3 is 2.44 bits per heavy atom. The van der Waals surface area contributed by atoms with Gasteiger partial charge in [-0.05, 0) is 39.5 Å².